The van der Waals surface area contributed by atoms with Crippen LogP contribution in [0, 0.1) is 0 Å². The Kier molecular flexibility index (Phi) is 5.03. The van der Waals surface area contributed by atoms with Gasteiger partial charge in [0.1, 0.15) is 0 Å². The lowest BCUT2D eigenvalue weighted by atomic mass is 10.2. The second-order valence-corrected chi connectivity index (χ2v) is 7.72. The van der Waals surface area contributed by atoms with Crippen LogP contribution in [0.5, 0.6) is 0 Å². The number of nitrogens with zero attached hydrogens (tertiary/aromatic N) is 3. The molecule has 1 saturated heterocycles. The van der Waals surface area contributed by atoms with E-state index < -0.39 is 10.0 Å². The van der Waals surface area contributed by atoms with Gasteiger partial charge in [0.2, 0.25) is 10.0 Å². The normalized spacial score (nSPS) is 19.5. The average molecular weight is 349 g/mol. The van der Waals surface area contributed by atoms with Gasteiger partial charge in [0.05, 0.1) is 23.8 Å². The smallest absolute Gasteiger partial charge is 0.243 e. The van der Waals surface area contributed by atoms with Crippen molar-refractivity contribution in [3.05, 3.63) is 47.8 Å². The number of morpholine rings is 1. The molecule has 1 aromatic heterocycles. The van der Waals surface area contributed by atoms with Crippen LogP contribution < -0.4 is 0 Å². The van der Waals surface area contributed by atoms with E-state index in [9.17, 15) is 8.42 Å². The summed E-state index contributed by atoms with van der Waals surface area (Å²) in [6.07, 6.45) is 4.08. The van der Waals surface area contributed by atoms with E-state index in [2.05, 4.69) is 5.10 Å². The lowest BCUT2D eigenvalue weighted by Crippen LogP contribution is -2.42. The molecule has 1 aliphatic rings. The van der Waals surface area contributed by atoms with Crippen LogP contribution in [0.25, 0.3) is 0 Å². The van der Waals surface area contributed by atoms with Gasteiger partial charge in [-0.3, -0.25) is 4.68 Å². The standard InChI is InChI=1S/C17H23N3O3S/c1-3-14-7-5-6-8-17(14)24(21,22)20-9-10-23-16(13-20)15-11-18-19(4-2)12-15/h5-8,11-12,16H,3-4,9-10,13H2,1-2H3. The Morgan fingerprint density at radius 1 is 1.29 bits per heavy atom. The van der Waals surface area contributed by atoms with Gasteiger partial charge in [0.15, 0.2) is 0 Å². The van der Waals surface area contributed by atoms with Crippen LogP contribution in [-0.2, 0) is 27.7 Å². The van der Waals surface area contributed by atoms with Crippen LogP contribution in [0.4, 0.5) is 0 Å². The first-order valence-electron chi connectivity index (χ1n) is 8.28. The first-order valence-corrected chi connectivity index (χ1v) is 9.72. The minimum absolute atomic E-state index is 0.275. The average Bonchev–Trinajstić information content (AvgIpc) is 3.11. The number of hydrogen-bond acceptors (Lipinski definition) is 4. The van der Waals surface area contributed by atoms with Crippen LogP contribution in [0.2, 0.25) is 0 Å². The molecule has 3 rings (SSSR count). The Balaban J connectivity index is 1.85. The lowest BCUT2D eigenvalue weighted by molar-refractivity contribution is -0.00261. The maximum Gasteiger partial charge on any atom is 0.243 e. The molecule has 1 atom stereocenters. The number of aromatic nitrogens is 2. The fourth-order valence-corrected chi connectivity index (χ4v) is 4.67. The molecule has 24 heavy (non-hydrogen) atoms. The summed E-state index contributed by atoms with van der Waals surface area (Å²) in [7, 11) is -3.52. The molecule has 0 spiro atoms. The molecule has 7 heteroatoms. The molecule has 2 aromatic rings. The topological polar surface area (TPSA) is 64.4 Å². The molecule has 6 nitrogen and oxygen atoms in total. The SMILES string of the molecule is CCc1ccccc1S(=O)(=O)N1CCOC(c2cnn(CC)c2)C1. The predicted molar refractivity (Wildman–Crippen MR) is 91.2 cm³/mol. The molecular weight excluding hydrogens is 326 g/mol. The van der Waals surface area contributed by atoms with Crippen molar-refractivity contribution >= 4 is 10.0 Å². The number of rotatable bonds is 5. The van der Waals surface area contributed by atoms with Gasteiger partial charge in [-0.05, 0) is 25.0 Å². The van der Waals surface area contributed by atoms with Crippen molar-refractivity contribution in [2.75, 3.05) is 19.7 Å². The summed E-state index contributed by atoms with van der Waals surface area (Å²) in [5, 5.41) is 4.25. The van der Waals surface area contributed by atoms with Crippen molar-refractivity contribution in [3.8, 4) is 0 Å². The van der Waals surface area contributed by atoms with Gasteiger partial charge < -0.3 is 4.74 Å². The monoisotopic (exact) mass is 349 g/mol. The van der Waals surface area contributed by atoms with Crippen LogP contribution in [0.15, 0.2) is 41.6 Å². The fraction of sp³-hybridized carbons (Fsp3) is 0.471. The molecule has 0 bridgehead atoms. The number of hydrogen-bond donors (Lipinski definition) is 0. The Morgan fingerprint density at radius 3 is 2.79 bits per heavy atom. The first kappa shape index (κ1) is 17.1. The van der Waals surface area contributed by atoms with Gasteiger partial charge in [0.25, 0.3) is 0 Å². The zero-order valence-corrected chi connectivity index (χ0v) is 14.9. The van der Waals surface area contributed by atoms with E-state index >= 15 is 0 Å². The molecule has 1 aromatic carbocycles. The van der Waals surface area contributed by atoms with E-state index in [1.165, 1.54) is 4.31 Å². The highest BCUT2D eigenvalue weighted by molar-refractivity contribution is 7.89. The predicted octanol–water partition coefficient (Wildman–Crippen LogP) is 2.23. The molecule has 130 valence electrons. The maximum atomic E-state index is 13.1. The summed E-state index contributed by atoms with van der Waals surface area (Å²) >= 11 is 0. The van der Waals surface area contributed by atoms with E-state index in [1.54, 1.807) is 18.3 Å². The first-order chi connectivity index (χ1) is 11.6. The van der Waals surface area contributed by atoms with E-state index in [1.807, 2.05) is 36.9 Å². The lowest BCUT2D eigenvalue weighted by Gasteiger charge is -2.32. The van der Waals surface area contributed by atoms with Crippen molar-refractivity contribution < 1.29 is 13.2 Å². The Morgan fingerprint density at radius 2 is 2.08 bits per heavy atom. The van der Waals surface area contributed by atoms with Crippen LogP contribution in [0.1, 0.15) is 31.1 Å². The van der Waals surface area contributed by atoms with Gasteiger partial charge in [-0.2, -0.15) is 9.40 Å². The summed E-state index contributed by atoms with van der Waals surface area (Å²) in [6.45, 7) is 5.83. The summed E-state index contributed by atoms with van der Waals surface area (Å²) in [5.74, 6) is 0. The largest absolute Gasteiger partial charge is 0.371 e. The maximum absolute atomic E-state index is 13.1. The third-order valence-corrected chi connectivity index (χ3v) is 6.32. The molecule has 0 aliphatic carbocycles. The highest BCUT2D eigenvalue weighted by Gasteiger charge is 2.32. The van der Waals surface area contributed by atoms with Crippen molar-refractivity contribution in [3.63, 3.8) is 0 Å². The molecule has 1 unspecified atom stereocenters. The van der Waals surface area contributed by atoms with Gasteiger partial charge in [-0.25, -0.2) is 8.42 Å². The van der Waals surface area contributed by atoms with Crippen molar-refractivity contribution in [2.45, 2.75) is 37.8 Å². The zero-order valence-electron chi connectivity index (χ0n) is 14.1. The zero-order chi connectivity index (χ0) is 17.2. The van der Waals surface area contributed by atoms with Gasteiger partial charge in [-0.15, -0.1) is 0 Å². The molecule has 0 N–H and O–H groups in total. The van der Waals surface area contributed by atoms with Gasteiger partial charge in [-0.1, -0.05) is 25.1 Å². The fourth-order valence-electron chi connectivity index (χ4n) is 2.95. The minimum atomic E-state index is -3.52. The van der Waals surface area contributed by atoms with Crippen molar-refractivity contribution in [1.82, 2.24) is 14.1 Å². The van der Waals surface area contributed by atoms with E-state index in [0.717, 1.165) is 17.7 Å². The second kappa shape index (κ2) is 7.04. The van der Waals surface area contributed by atoms with E-state index in [4.69, 9.17) is 4.74 Å². The number of sulfonamides is 1. The summed E-state index contributed by atoms with van der Waals surface area (Å²) in [4.78, 5) is 0.400. The molecular formula is C17H23N3O3S. The molecule has 1 fully saturated rings. The van der Waals surface area contributed by atoms with Gasteiger partial charge >= 0.3 is 0 Å². The highest BCUT2D eigenvalue weighted by Crippen LogP contribution is 2.27. The molecule has 0 radical (unpaired) electrons. The van der Waals surface area contributed by atoms with Crippen LogP contribution >= 0.6 is 0 Å². The van der Waals surface area contributed by atoms with E-state index in [-0.39, 0.29) is 6.10 Å². The van der Waals surface area contributed by atoms with E-state index in [0.29, 0.717) is 31.0 Å². The van der Waals surface area contributed by atoms with Crippen LogP contribution in [-0.4, -0.2) is 42.2 Å². The third kappa shape index (κ3) is 3.24. The molecule has 1 aliphatic heterocycles. The summed E-state index contributed by atoms with van der Waals surface area (Å²) in [6, 6.07) is 7.21. The summed E-state index contributed by atoms with van der Waals surface area (Å²) in [5.41, 5.74) is 1.76. The number of aryl methyl sites for hydroxylation is 2. The number of ether oxygens (including phenoxy) is 1. The van der Waals surface area contributed by atoms with Crippen molar-refractivity contribution in [1.29, 1.82) is 0 Å². The minimum Gasteiger partial charge on any atom is -0.371 e. The highest BCUT2D eigenvalue weighted by atomic mass is 32.2. The Labute approximate surface area is 143 Å². The molecule has 0 amide bonds. The Bertz CT molecular complexity index is 801. The second-order valence-electron chi connectivity index (χ2n) is 5.81. The third-order valence-electron chi connectivity index (χ3n) is 4.35. The summed E-state index contributed by atoms with van der Waals surface area (Å²) < 4.78 is 35.2. The quantitative estimate of drug-likeness (QED) is 0.830. The molecule has 0 saturated carbocycles. The van der Waals surface area contributed by atoms with Crippen LogP contribution in [0.3, 0.4) is 0 Å². The number of benzene rings is 1. The Hall–Kier alpha value is -1.70. The van der Waals surface area contributed by atoms with Gasteiger partial charge in [0, 0.05) is 31.4 Å². The molecule has 2 heterocycles. The van der Waals surface area contributed by atoms with Crippen molar-refractivity contribution in [2.24, 2.45) is 0 Å².